The van der Waals surface area contributed by atoms with Gasteiger partial charge in [0.05, 0.1) is 0 Å². The van der Waals surface area contributed by atoms with Crippen LogP contribution in [0.15, 0.2) is 12.2 Å². The number of carboxylic acid groups (broad SMARTS) is 1. The van der Waals surface area contributed by atoms with E-state index >= 15 is 0 Å². The first-order chi connectivity index (χ1) is 10.1. The molecule has 0 aromatic heterocycles. The first-order valence-corrected chi connectivity index (χ1v) is 8.99. The maximum atomic E-state index is 10.3. The average Bonchev–Trinajstić information content (AvgIpc) is 2.42. The van der Waals surface area contributed by atoms with Crippen molar-refractivity contribution in [1.29, 1.82) is 0 Å². The molecule has 2 nitrogen and oxygen atoms in total. The fourth-order valence-corrected chi connectivity index (χ4v) is 2.44. The van der Waals surface area contributed by atoms with Gasteiger partial charge in [0.1, 0.15) is 0 Å². The Labute approximate surface area is 132 Å². The van der Waals surface area contributed by atoms with Gasteiger partial charge in [0, 0.05) is 6.42 Å². The molecule has 124 valence electrons. The van der Waals surface area contributed by atoms with Gasteiger partial charge >= 0.3 is 5.97 Å². The lowest BCUT2D eigenvalue weighted by molar-refractivity contribution is -0.137. The molecule has 0 saturated carbocycles. The van der Waals surface area contributed by atoms with Crippen molar-refractivity contribution < 1.29 is 9.90 Å². The monoisotopic (exact) mass is 296 g/mol. The number of aliphatic carboxylic acids is 1. The Morgan fingerprint density at radius 2 is 1.29 bits per heavy atom. The van der Waals surface area contributed by atoms with Crippen molar-refractivity contribution in [2.75, 3.05) is 0 Å². The summed E-state index contributed by atoms with van der Waals surface area (Å²) in [6.07, 6.45) is 19.9. The standard InChI is InChI=1S/C19H36O2/c1-18(2)16-14-12-10-8-6-4-3-5-7-9-11-13-15-17-19(20)21/h10,12,18H,3-9,11,13-17H2,1-2H3,(H,20,21). The lowest BCUT2D eigenvalue weighted by Gasteiger charge is -2.01. The molecule has 0 aliphatic carbocycles. The third-order valence-electron chi connectivity index (χ3n) is 3.84. The molecule has 0 aromatic rings. The van der Waals surface area contributed by atoms with E-state index in [-0.39, 0.29) is 0 Å². The number of allylic oxidation sites excluding steroid dienone is 2. The summed E-state index contributed by atoms with van der Waals surface area (Å²) in [4.78, 5) is 10.3. The Morgan fingerprint density at radius 1 is 0.810 bits per heavy atom. The minimum atomic E-state index is -0.659. The summed E-state index contributed by atoms with van der Waals surface area (Å²) in [5.74, 6) is 0.159. The third-order valence-corrected chi connectivity index (χ3v) is 3.84. The van der Waals surface area contributed by atoms with Gasteiger partial charge in [-0.3, -0.25) is 4.79 Å². The van der Waals surface area contributed by atoms with Gasteiger partial charge in [-0.2, -0.15) is 0 Å². The van der Waals surface area contributed by atoms with Crippen LogP contribution in [0.5, 0.6) is 0 Å². The van der Waals surface area contributed by atoms with E-state index < -0.39 is 5.97 Å². The van der Waals surface area contributed by atoms with Crippen LogP contribution in [0.4, 0.5) is 0 Å². The van der Waals surface area contributed by atoms with Crippen molar-refractivity contribution in [1.82, 2.24) is 0 Å². The van der Waals surface area contributed by atoms with E-state index in [0.29, 0.717) is 6.42 Å². The van der Waals surface area contributed by atoms with Crippen LogP contribution in [0, 0.1) is 5.92 Å². The van der Waals surface area contributed by atoms with Crippen molar-refractivity contribution in [2.45, 2.75) is 97.3 Å². The fourth-order valence-electron chi connectivity index (χ4n) is 2.44. The molecule has 0 aliphatic rings. The molecule has 0 unspecified atom stereocenters. The summed E-state index contributed by atoms with van der Waals surface area (Å²) in [5.41, 5.74) is 0. The number of hydrogen-bond donors (Lipinski definition) is 1. The van der Waals surface area contributed by atoms with Crippen LogP contribution in [0.3, 0.4) is 0 Å². The molecule has 0 spiro atoms. The summed E-state index contributed by atoms with van der Waals surface area (Å²) in [6, 6.07) is 0. The van der Waals surface area contributed by atoms with Crippen LogP contribution in [0.2, 0.25) is 0 Å². The summed E-state index contributed by atoms with van der Waals surface area (Å²) in [6.45, 7) is 4.56. The lowest BCUT2D eigenvalue weighted by Crippen LogP contribution is -1.93. The van der Waals surface area contributed by atoms with Crippen molar-refractivity contribution in [3.05, 3.63) is 12.2 Å². The van der Waals surface area contributed by atoms with Crippen molar-refractivity contribution >= 4 is 5.97 Å². The SMILES string of the molecule is CC(C)CCC=CCCCCCCCCCCCC(=O)O. The Bertz CT molecular complexity index is 256. The topological polar surface area (TPSA) is 37.3 Å². The van der Waals surface area contributed by atoms with E-state index in [0.717, 1.165) is 18.8 Å². The van der Waals surface area contributed by atoms with Crippen LogP contribution in [-0.2, 0) is 4.79 Å². The van der Waals surface area contributed by atoms with Crippen LogP contribution < -0.4 is 0 Å². The van der Waals surface area contributed by atoms with E-state index in [1.165, 1.54) is 64.2 Å². The molecule has 0 radical (unpaired) electrons. The van der Waals surface area contributed by atoms with E-state index in [2.05, 4.69) is 26.0 Å². The van der Waals surface area contributed by atoms with E-state index in [1.807, 2.05) is 0 Å². The minimum Gasteiger partial charge on any atom is -0.481 e. The smallest absolute Gasteiger partial charge is 0.303 e. The number of carboxylic acids is 1. The predicted octanol–water partition coefficient (Wildman–Crippen LogP) is 6.35. The Hall–Kier alpha value is -0.790. The molecule has 0 bridgehead atoms. The number of carbonyl (C=O) groups is 1. The molecule has 0 aromatic carbocycles. The zero-order valence-corrected chi connectivity index (χ0v) is 14.3. The molecule has 0 fully saturated rings. The molecular formula is C19H36O2. The van der Waals surface area contributed by atoms with Crippen LogP contribution in [0.1, 0.15) is 97.3 Å². The van der Waals surface area contributed by atoms with Crippen molar-refractivity contribution in [3.63, 3.8) is 0 Å². The van der Waals surface area contributed by atoms with Gasteiger partial charge in [0.2, 0.25) is 0 Å². The molecule has 0 heterocycles. The predicted molar refractivity (Wildman–Crippen MR) is 91.6 cm³/mol. The minimum absolute atomic E-state index is 0.338. The molecular weight excluding hydrogens is 260 g/mol. The van der Waals surface area contributed by atoms with Gasteiger partial charge in [-0.15, -0.1) is 0 Å². The highest BCUT2D eigenvalue weighted by Crippen LogP contribution is 2.12. The normalized spacial score (nSPS) is 11.6. The fraction of sp³-hybridized carbons (Fsp3) is 0.842. The zero-order valence-electron chi connectivity index (χ0n) is 14.3. The highest BCUT2D eigenvalue weighted by molar-refractivity contribution is 5.66. The van der Waals surface area contributed by atoms with Gasteiger partial charge in [-0.25, -0.2) is 0 Å². The molecule has 0 aliphatic heterocycles. The summed E-state index contributed by atoms with van der Waals surface area (Å²) < 4.78 is 0. The van der Waals surface area contributed by atoms with E-state index in [4.69, 9.17) is 5.11 Å². The zero-order chi connectivity index (χ0) is 15.8. The summed E-state index contributed by atoms with van der Waals surface area (Å²) in [7, 11) is 0. The van der Waals surface area contributed by atoms with E-state index in [9.17, 15) is 4.79 Å². The van der Waals surface area contributed by atoms with Crippen LogP contribution in [-0.4, -0.2) is 11.1 Å². The number of hydrogen-bond acceptors (Lipinski definition) is 1. The van der Waals surface area contributed by atoms with Gasteiger partial charge in [-0.05, 0) is 38.0 Å². The summed E-state index contributed by atoms with van der Waals surface area (Å²) in [5, 5.41) is 8.52. The molecule has 2 heteroatoms. The molecule has 21 heavy (non-hydrogen) atoms. The second kappa shape index (κ2) is 15.6. The third kappa shape index (κ3) is 19.2. The Morgan fingerprint density at radius 3 is 1.81 bits per heavy atom. The first-order valence-electron chi connectivity index (χ1n) is 8.99. The second-order valence-electron chi connectivity index (χ2n) is 6.56. The summed E-state index contributed by atoms with van der Waals surface area (Å²) >= 11 is 0. The molecule has 0 rings (SSSR count). The number of rotatable bonds is 15. The van der Waals surface area contributed by atoms with Gasteiger partial charge < -0.3 is 5.11 Å². The van der Waals surface area contributed by atoms with Gasteiger partial charge in [-0.1, -0.05) is 70.9 Å². The van der Waals surface area contributed by atoms with Gasteiger partial charge in [0.15, 0.2) is 0 Å². The lowest BCUT2D eigenvalue weighted by atomic mass is 10.1. The maximum absolute atomic E-state index is 10.3. The Kier molecular flexibility index (Phi) is 15.0. The van der Waals surface area contributed by atoms with Crippen molar-refractivity contribution in [3.8, 4) is 0 Å². The van der Waals surface area contributed by atoms with Gasteiger partial charge in [0.25, 0.3) is 0 Å². The molecule has 1 N–H and O–H groups in total. The van der Waals surface area contributed by atoms with Crippen LogP contribution in [0.25, 0.3) is 0 Å². The largest absolute Gasteiger partial charge is 0.481 e. The number of unbranched alkanes of at least 4 members (excludes halogenated alkanes) is 9. The maximum Gasteiger partial charge on any atom is 0.303 e. The van der Waals surface area contributed by atoms with Crippen molar-refractivity contribution in [2.24, 2.45) is 5.92 Å². The molecule has 0 amide bonds. The average molecular weight is 296 g/mol. The first kappa shape index (κ1) is 20.2. The molecule has 0 saturated heterocycles. The second-order valence-corrected chi connectivity index (χ2v) is 6.56. The van der Waals surface area contributed by atoms with Crippen LogP contribution >= 0.6 is 0 Å². The highest BCUT2D eigenvalue weighted by atomic mass is 16.4. The Balaban J connectivity index is 3.07. The quantitative estimate of drug-likeness (QED) is 0.282. The van der Waals surface area contributed by atoms with E-state index in [1.54, 1.807) is 0 Å². The highest BCUT2D eigenvalue weighted by Gasteiger charge is 1.96. The molecule has 0 atom stereocenters.